The number of hydrogen-bond donors (Lipinski definition) is 2. The summed E-state index contributed by atoms with van der Waals surface area (Å²) in [4.78, 5) is 22.8. The van der Waals surface area contributed by atoms with Crippen molar-refractivity contribution in [1.82, 2.24) is 20.8 Å². The Balaban J connectivity index is 1.79. The Morgan fingerprint density at radius 2 is 2.05 bits per heavy atom. The number of nitrogens with one attached hydrogen (secondary N) is 2. The first-order valence-corrected chi connectivity index (χ1v) is 6.76. The molecule has 0 saturated heterocycles. The summed E-state index contributed by atoms with van der Waals surface area (Å²) < 4.78 is 10.3. The van der Waals surface area contributed by atoms with E-state index in [9.17, 15) is 9.59 Å². The molecule has 0 saturated carbocycles. The summed E-state index contributed by atoms with van der Waals surface area (Å²) in [5.41, 5.74) is 0.744. The lowest BCUT2D eigenvalue weighted by molar-refractivity contribution is -0.122. The summed E-state index contributed by atoms with van der Waals surface area (Å²) in [5, 5.41) is 12.1. The van der Waals surface area contributed by atoms with E-state index in [4.69, 9.17) is 9.15 Å². The lowest BCUT2D eigenvalue weighted by atomic mass is 10.2. The van der Waals surface area contributed by atoms with Gasteiger partial charge in [0.1, 0.15) is 5.75 Å². The second-order valence-corrected chi connectivity index (χ2v) is 4.36. The molecule has 8 nitrogen and oxygen atoms in total. The van der Waals surface area contributed by atoms with Crippen LogP contribution in [0.3, 0.4) is 0 Å². The second-order valence-electron chi connectivity index (χ2n) is 4.36. The number of hydrogen-bond acceptors (Lipinski definition) is 6. The first-order chi connectivity index (χ1) is 10.7. The van der Waals surface area contributed by atoms with Crippen molar-refractivity contribution in [3.63, 3.8) is 0 Å². The highest BCUT2D eigenvalue weighted by molar-refractivity contribution is 5.94. The lowest BCUT2D eigenvalue weighted by Crippen LogP contribution is -2.41. The first-order valence-electron chi connectivity index (χ1n) is 6.76. The van der Waals surface area contributed by atoms with Crippen molar-refractivity contribution in [2.24, 2.45) is 0 Å². The molecule has 0 radical (unpaired) electrons. The van der Waals surface area contributed by atoms with Gasteiger partial charge in [-0.2, -0.15) is 0 Å². The zero-order valence-electron chi connectivity index (χ0n) is 12.0. The highest BCUT2D eigenvalue weighted by atomic mass is 16.5. The van der Waals surface area contributed by atoms with Crippen LogP contribution in [0.2, 0.25) is 0 Å². The van der Waals surface area contributed by atoms with Crippen molar-refractivity contribution in [1.29, 1.82) is 0 Å². The average Bonchev–Trinajstić information content (AvgIpc) is 3.06. The minimum Gasteiger partial charge on any atom is -0.484 e. The molecule has 0 aliphatic rings. The van der Waals surface area contributed by atoms with Crippen LogP contribution in [0.15, 0.2) is 35.1 Å². The maximum atomic E-state index is 11.5. The van der Waals surface area contributed by atoms with Crippen LogP contribution in [-0.2, 0) is 4.79 Å². The van der Waals surface area contributed by atoms with Gasteiger partial charge in [0.25, 0.3) is 5.91 Å². The summed E-state index contributed by atoms with van der Waals surface area (Å²) >= 11 is 0. The van der Waals surface area contributed by atoms with E-state index in [1.807, 2.05) is 6.92 Å². The average molecular weight is 304 g/mol. The number of ether oxygens (including phenoxy) is 1. The Morgan fingerprint density at radius 1 is 1.27 bits per heavy atom. The van der Waals surface area contributed by atoms with E-state index in [2.05, 4.69) is 20.8 Å². The van der Waals surface area contributed by atoms with Crippen molar-refractivity contribution in [3.05, 3.63) is 30.7 Å². The summed E-state index contributed by atoms with van der Waals surface area (Å²) in [6.45, 7) is 2.18. The molecule has 1 aromatic carbocycles. The fraction of sp³-hybridized carbons (Fsp3) is 0.286. The minimum atomic E-state index is -0.526. The molecule has 3 amide bonds. The summed E-state index contributed by atoms with van der Waals surface area (Å²) in [6, 6.07) is 6.28. The zero-order valence-corrected chi connectivity index (χ0v) is 12.0. The molecule has 0 unspecified atom stereocenters. The predicted octanol–water partition coefficient (Wildman–Crippen LogP) is 1.35. The number of rotatable bonds is 6. The predicted molar refractivity (Wildman–Crippen MR) is 77.1 cm³/mol. The number of nitrogens with zero attached hydrogens (tertiary/aromatic N) is 2. The normalized spacial score (nSPS) is 10.0. The maximum Gasteiger partial charge on any atom is 0.321 e. The molecule has 116 valence electrons. The van der Waals surface area contributed by atoms with Crippen LogP contribution >= 0.6 is 0 Å². The van der Waals surface area contributed by atoms with E-state index >= 15 is 0 Å². The minimum absolute atomic E-state index is 0.251. The monoisotopic (exact) mass is 304 g/mol. The van der Waals surface area contributed by atoms with Crippen LogP contribution in [-0.4, -0.2) is 35.3 Å². The molecule has 1 heterocycles. The fourth-order valence-electron chi connectivity index (χ4n) is 1.59. The molecule has 0 bridgehead atoms. The van der Waals surface area contributed by atoms with Gasteiger partial charge in [0.05, 0.1) is 0 Å². The van der Waals surface area contributed by atoms with Gasteiger partial charge in [0.2, 0.25) is 12.3 Å². The molecule has 2 rings (SSSR count). The standard InChI is InChI=1S/C14H16N4O4/c1-2-7-15-14(20)17-12(19)8-21-11-5-3-10(4-6-11)13-18-16-9-22-13/h3-6,9H,2,7-8H2,1H3,(H2,15,17,19,20). The van der Waals surface area contributed by atoms with E-state index in [0.717, 1.165) is 12.0 Å². The van der Waals surface area contributed by atoms with Crippen LogP contribution in [0, 0.1) is 0 Å². The Morgan fingerprint density at radius 3 is 2.68 bits per heavy atom. The number of benzene rings is 1. The number of imide groups is 1. The largest absolute Gasteiger partial charge is 0.484 e. The molecule has 0 fully saturated rings. The van der Waals surface area contributed by atoms with Crippen LogP contribution < -0.4 is 15.4 Å². The van der Waals surface area contributed by atoms with Gasteiger partial charge in [0, 0.05) is 12.1 Å². The van der Waals surface area contributed by atoms with Gasteiger partial charge in [-0.25, -0.2) is 4.79 Å². The lowest BCUT2D eigenvalue weighted by Gasteiger charge is -2.07. The van der Waals surface area contributed by atoms with E-state index in [0.29, 0.717) is 18.2 Å². The summed E-state index contributed by atoms with van der Waals surface area (Å²) in [7, 11) is 0. The van der Waals surface area contributed by atoms with Crippen molar-refractivity contribution in [3.8, 4) is 17.2 Å². The van der Waals surface area contributed by atoms with Crippen molar-refractivity contribution >= 4 is 11.9 Å². The highest BCUT2D eigenvalue weighted by Gasteiger charge is 2.08. The third-order valence-electron chi connectivity index (χ3n) is 2.62. The topological polar surface area (TPSA) is 106 Å². The Kier molecular flexibility index (Phi) is 5.47. The summed E-state index contributed by atoms with van der Waals surface area (Å²) in [5.74, 6) is 0.374. The molecule has 0 aliphatic heterocycles. The smallest absolute Gasteiger partial charge is 0.321 e. The number of urea groups is 1. The first kappa shape index (κ1) is 15.5. The quantitative estimate of drug-likeness (QED) is 0.834. The van der Waals surface area contributed by atoms with Gasteiger partial charge in [-0.15, -0.1) is 10.2 Å². The molecule has 1 aromatic heterocycles. The van der Waals surface area contributed by atoms with Gasteiger partial charge in [-0.1, -0.05) is 6.92 Å². The molecule has 22 heavy (non-hydrogen) atoms. The summed E-state index contributed by atoms with van der Waals surface area (Å²) in [6.07, 6.45) is 2.04. The van der Waals surface area contributed by atoms with Crippen LogP contribution in [0.25, 0.3) is 11.5 Å². The molecule has 2 N–H and O–H groups in total. The number of aromatic nitrogens is 2. The number of amides is 3. The van der Waals surface area contributed by atoms with E-state index < -0.39 is 11.9 Å². The van der Waals surface area contributed by atoms with Crippen LogP contribution in [0.5, 0.6) is 5.75 Å². The third kappa shape index (κ3) is 4.58. The van der Waals surface area contributed by atoms with Crippen LogP contribution in [0.1, 0.15) is 13.3 Å². The van der Waals surface area contributed by atoms with Crippen LogP contribution in [0.4, 0.5) is 4.79 Å². The van der Waals surface area contributed by atoms with Gasteiger partial charge < -0.3 is 14.5 Å². The molecule has 0 spiro atoms. The van der Waals surface area contributed by atoms with E-state index in [1.165, 1.54) is 6.39 Å². The Hall–Kier alpha value is -2.90. The molecular formula is C14H16N4O4. The molecule has 8 heteroatoms. The van der Waals surface area contributed by atoms with E-state index in [-0.39, 0.29) is 6.61 Å². The fourth-order valence-corrected chi connectivity index (χ4v) is 1.59. The van der Waals surface area contributed by atoms with Crippen molar-refractivity contribution in [2.75, 3.05) is 13.2 Å². The van der Waals surface area contributed by atoms with Gasteiger partial charge >= 0.3 is 6.03 Å². The SMILES string of the molecule is CCCNC(=O)NC(=O)COc1ccc(-c2nnco2)cc1. The number of carbonyl (C=O) groups excluding carboxylic acids is 2. The molecular weight excluding hydrogens is 288 g/mol. The zero-order chi connectivity index (χ0) is 15.8. The van der Waals surface area contributed by atoms with E-state index in [1.54, 1.807) is 24.3 Å². The third-order valence-corrected chi connectivity index (χ3v) is 2.62. The molecule has 2 aromatic rings. The Labute approximate surface area is 126 Å². The number of carbonyl (C=O) groups is 2. The Bertz CT molecular complexity index is 610. The maximum absolute atomic E-state index is 11.5. The molecule has 0 atom stereocenters. The second kappa shape index (κ2) is 7.77. The highest BCUT2D eigenvalue weighted by Crippen LogP contribution is 2.19. The molecule has 0 aliphatic carbocycles. The van der Waals surface area contributed by atoms with Crippen molar-refractivity contribution in [2.45, 2.75) is 13.3 Å². The van der Waals surface area contributed by atoms with Gasteiger partial charge in [0.15, 0.2) is 6.61 Å². The van der Waals surface area contributed by atoms with Gasteiger partial charge in [-0.3, -0.25) is 10.1 Å². The van der Waals surface area contributed by atoms with Gasteiger partial charge in [-0.05, 0) is 30.7 Å². The van der Waals surface area contributed by atoms with Crippen molar-refractivity contribution < 1.29 is 18.7 Å².